The second-order valence-electron chi connectivity index (χ2n) is 7.07. The van der Waals surface area contributed by atoms with Crippen LogP contribution in [-0.4, -0.2) is 25.7 Å². The van der Waals surface area contributed by atoms with Gasteiger partial charge in [-0.2, -0.15) is 0 Å². The van der Waals surface area contributed by atoms with Crippen LogP contribution in [0.3, 0.4) is 0 Å². The molecule has 3 rings (SSSR count). The Morgan fingerprint density at radius 3 is 2.73 bits per heavy atom. The topological polar surface area (TPSA) is 47.6 Å². The van der Waals surface area contributed by atoms with Gasteiger partial charge in [-0.3, -0.25) is 4.79 Å². The third-order valence-corrected chi connectivity index (χ3v) is 4.62. The van der Waals surface area contributed by atoms with Gasteiger partial charge in [0.1, 0.15) is 11.9 Å². The molecule has 1 N–H and O–H groups in total. The first-order chi connectivity index (χ1) is 12.6. The Bertz CT molecular complexity index is 724. The molecule has 0 saturated heterocycles. The number of hydrogen-bond donors (Lipinski definition) is 1. The Hall–Kier alpha value is -2.33. The van der Waals surface area contributed by atoms with Gasteiger partial charge in [0.15, 0.2) is 0 Å². The number of hydrogen-bond acceptors (Lipinski definition) is 3. The van der Waals surface area contributed by atoms with Crippen LogP contribution in [0.5, 0.6) is 5.75 Å². The average Bonchev–Trinajstić information content (AvgIpc) is 2.66. The molecule has 4 heteroatoms. The van der Waals surface area contributed by atoms with Gasteiger partial charge in [-0.25, -0.2) is 0 Å². The largest absolute Gasteiger partial charge is 0.494 e. The SMILES string of the molecule is CC(C)CCOc1ccc(C(=O)NC[C@H]2OCCc3ccccc32)cc1. The normalized spacial score (nSPS) is 16.2. The lowest BCUT2D eigenvalue weighted by Crippen LogP contribution is -2.31. The molecule has 2 aromatic carbocycles. The van der Waals surface area contributed by atoms with Crippen molar-refractivity contribution < 1.29 is 14.3 Å². The highest BCUT2D eigenvalue weighted by Crippen LogP contribution is 2.26. The van der Waals surface area contributed by atoms with E-state index in [-0.39, 0.29) is 12.0 Å². The van der Waals surface area contributed by atoms with Crippen molar-refractivity contribution in [2.24, 2.45) is 5.92 Å². The molecule has 0 unspecified atom stereocenters. The Kier molecular flexibility index (Phi) is 6.29. The minimum atomic E-state index is -0.0922. The Morgan fingerprint density at radius 1 is 1.19 bits per heavy atom. The first kappa shape index (κ1) is 18.5. The molecule has 26 heavy (non-hydrogen) atoms. The van der Waals surface area contributed by atoms with Crippen LogP contribution in [0.1, 0.15) is 47.9 Å². The van der Waals surface area contributed by atoms with Crippen LogP contribution in [0, 0.1) is 5.92 Å². The second-order valence-corrected chi connectivity index (χ2v) is 7.07. The molecule has 0 aliphatic carbocycles. The van der Waals surface area contributed by atoms with Crippen LogP contribution in [0.25, 0.3) is 0 Å². The number of carbonyl (C=O) groups is 1. The van der Waals surface area contributed by atoms with E-state index in [1.807, 2.05) is 24.3 Å². The maximum absolute atomic E-state index is 12.4. The van der Waals surface area contributed by atoms with Gasteiger partial charge in [0.25, 0.3) is 5.91 Å². The van der Waals surface area contributed by atoms with E-state index in [0.29, 0.717) is 31.2 Å². The number of amides is 1. The molecule has 0 aromatic heterocycles. The number of nitrogens with one attached hydrogen (secondary N) is 1. The van der Waals surface area contributed by atoms with Gasteiger partial charge in [-0.05, 0) is 54.2 Å². The predicted molar refractivity (Wildman–Crippen MR) is 103 cm³/mol. The van der Waals surface area contributed by atoms with Crippen molar-refractivity contribution in [3.05, 3.63) is 65.2 Å². The van der Waals surface area contributed by atoms with E-state index in [4.69, 9.17) is 9.47 Å². The summed E-state index contributed by atoms with van der Waals surface area (Å²) in [5.74, 6) is 1.32. The van der Waals surface area contributed by atoms with Crippen molar-refractivity contribution >= 4 is 5.91 Å². The lowest BCUT2D eigenvalue weighted by Gasteiger charge is -2.26. The summed E-state index contributed by atoms with van der Waals surface area (Å²) >= 11 is 0. The standard InChI is InChI=1S/C22H27NO3/c1-16(2)11-13-25-19-9-7-18(8-10-19)22(24)23-15-21-20-6-4-3-5-17(20)12-14-26-21/h3-10,16,21H,11-15H2,1-2H3,(H,23,24)/t21-/m1/s1. The van der Waals surface area contributed by atoms with Crippen molar-refractivity contribution in [1.82, 2.24) is 5.32 Å². The summed E-state index contributed by atoms with van der Waals surface area (Å²) in [6, 6.07) is 15.6. The highest BCUT2D eigenvalue weighted by molar-refractivity contribution is 5.94. The minimum absolute atomic E-state index is 0.0810. The summed E-state index contributed by atoms with van der Waals surface area (Å²) < 4.78 is 11.5. The molecule has 1 amide bonds. The molecule has 138 valence electrons. The fourth-order valence-corrected chi connectivity index (χ4v) is 3.05. The fraction of sp³-hybridized carbons (Fsp3) is 0.409. The van der Waals surface area contributed by atoms with Gasteiger partial charge in [-0.1, -0.05) is 38.1 Å². The first-order valence-corrected chi connectivity index (χ1v) is 9.34. The van der Waals surface area contributed by atoms with E-state index in [1.165, 1.54) is 11.1 Å². The monoisotopic (exact) mass is 353 g/mol. The lowest BCUT2D eigenvalue weighted by molar-refractivity contribution is 0.0411. The molecule has 0 saturated carbocycles. The zero-order chi connectivity index (χ0) is 18.4. The van der Waals surface area contributed by atoms with E-state index in [9.17, 15) is 4.79 Å². The van der Waals surface area contributed by atoms with E-state index in [1.54, 1.807) is 12.1 Å². The highest BCUT2D eigenvalue weighted by Gasteiger charge is 2.21. The number of carbonyl (C=O) groups excluding carboxylic acids is 1. The molecule has 0 spiro atoms. The van der Waals surface area contributed by atoms with Crippen LogP contribution >= 0.6 is 0 Å². The summed E-state index contributed by atoms with van der Waals surface area (Å²) in [6.45, 7) is 6.21. The summed E-state index contributed by atoms with van der Waals surface area (Å²) in [6.07, 6.45) is 1.87. The number of benzene rings is 2. The van der Waals surface area contributed by atoms with Crippen LogP contribution < -0.4 is 10.1 Å². The van der Waals surface area contributed by atoms with Crippen molar-refractivity contribution in [1.29, 1.82) is 0 Å². The van der Waals surface area contributed by atoms with Crippen LogP contribution in [0.2, 0.25) is 0 Å². The Morgan fingerprint density at radius 2 is 1.96 bits per heavy atom. The molecule has 1 atom stereocenters. The van der Waals surface area contributed by atoms with E-state index < -0.39 is 0 Å². The zero-order valence-corrected chi connectivity index (χ0v) is 15.5. The lowest BCUT2D eigenvalue weighted by atomic mass is 9.97. The van der Waals surface area contributed by atoms with E-state index in [0.717, 1.165) is 18.6 Å². The molecule has 0 bridgehead atoms. The van der Waals surface area contributed by atoms with Gasteiger partial charge >= 0.3 is 0 Å². The smallest absolute Gasteiger partial charge is 0.251 e. The Balaban J connectivity index is 1.52. The maximum Gasteiger partial charge on any atom is 0.251 e. The molecule has 0 fully saturated rings. The number of fused-ring (bicyclic) bond motifs is 1. The predicted octanol–water partition coefficient (Wildman–Crippen LogP) is 4.16. The van der Waals surface area contributed by atoms with Gasteiger partial charge in [-0.15, -0.1) is 0 Å². The van der Waals surface area contributed by atoms with Crippen molar-refractivity contribution in [3.8, 4) is 5.75 Å². The molecular formula is C22H27NO3. The molecule has 1 heterocycles. The van der Waals surface area contributed by atoms with Crippen LogP contribution in [-0.2, 0) is 11.2 Å². The zero-order valence-electron chi connectivity index (χ0n) is 15.5. The van der Waals surface area contributed by atoms with E-state index >= 15 is 0 Å². The first-order valence-electron chi connectivity index (χ1n) is 9.34. The van der Waals surface area contributed by atoms with Crippen molar-refractivity contribution in [3.63, 3.8) is 0 Å². The Labute approximate surface area is 155 Å². The van der Waals surface area contributed by atoms with Crippen LogP contribution in [0.4, 0.5) is 0 Å². The number of rotatable bonds is 7. The van der Waals surface area contributed by atoms with Gasteiger partial charge in [0.05, 0.1) is 13.2 Å². The molecule has 2 aromatic rings. The minimum Gasteiger partial charge on any atom is -0.494 e. The quantitative estimate of drug-likeness (QED) is 0.813. The van der Waals surface area contributed by atoms with Gasteiger partial charge in [0.2, 0.25) is 0 Å². The summed E-state index contributed by atoms with van der Waals surface area (Å²) in [5, 5.41) is 2.98. The highest BCUT2D eigenvalue weighted by atomic mass is 16.5. The molecule has 0 radical (unpaired) electrons. The van der Waals surface area contributed by atoms with E-state index in [2.05, 4.69) is 31.3 Å². The third-order valence-electron chi connectivity index (χ3n) is 4.62. The summed E-state index contributed by atoms with van der Waals surface area (Å²) in [4.78, 5) is 12.4. The number of ether oxygens (including phenoxy) is 2. The molecule has 4 nitrogen and oxygen atoms in total. The van der Waals surface area contributed by atoms with Crippen molar-refractivity contribution in [2.75, 3.05) is 19.8 Å². The van der Waals surface area contributed by atoms with Gasteiger partial charge < -0.3 is 14.8 Å². The maximum atomic E-state index is 12.4. The summed E-state index contributed by atoms with van der Waals surface area (Å²) in [7, 11) is 0. The average molecular weight is 353 g/mol. The fourth-order valence-electron chi connectivity index (χ4n) is 3.05. The molecular weight excluding hydrogens is 326 g/mol. The molecule has 1 aliphatic rings. The van der Waals surface area contributed by atoms with Crippen molar-refractivity contribution in [2.45, 2.75) is 32.8 Å². The van der Waals surface area contributed by atoms with Crippen LogP contribution in [0.15, 0.2) is 48.5 Å². The summed E-state index contributed by atoms with van der Waals surface area (Å²) in [5.41, 5.74) is 3.11. The third kappa shape index (κ3) is 4.85. The second kappa shape index (κ2) is 8.86. The molecule has 1 aliphatic heterocycles. The van der Waals surface area contributed by atoms with Gasteiger partial charge in [0, 0.05) is 12.1 Å².